The van der Waals surface area contributed by atoms with Crippen molar-refractivity contribution in [1.29, 1.82) is 0 Å². The Hall–Kier alpha value is -3.06. The topological polar surface area (TPSA) is 93.9 Å². The van der Waals surface area contributed by atoms with Gasteiger partial charge in [0.05, 0.1) is 20.1 Å². The van der Waals surface area contributed by atoms with Crippen LogP contribution in [0, 0.1) is 12.8 Å². The number of anilines is 1. The Labute approximate surface area is 177 Å². The molecule has 2 aromatic carbocycles. The van der Waals surface area contributed by atoms with Crippen molar-refractivity contribution in [1.82, 2.24) is 4.90 Å². The van der Waals surface area contributed by atoms with E-state index in [1.165, 1.54) is 0 Å². The van der Waals surface area contributed by atoms with Gasteiger partial charge in [0.2, 0.25) is 5.91 Å². The first-order valence-electron chi connectivity index (χ1n) is 10.1. The number of likely N-dealkylation sites (tertiary alicyclic amines) is 1. The summed E-state index contributed by atoms with van der Waals surface area (Å²) in [6, 6.07) is 11.1. The minimum Gasteiger partial charge on any atom is -0.496 e. The first-order chi connectivity index (χ1) is 14.4. The van der Waals surface area contributed by atoms with Gasteiger partial charge in [0.25, 0.3) is 5.91 Å². The highest BCUT2D eigenvalue weighted by Crippen LogP contribution is 2.30. The van der Waals surface area contributed by atoms with Crippen LogP contribution >= 0.6 is 0 Å². The molecule has 0 spiro atoms. The lowest BCUT2D eigenvalue weighted by Crippen LogP contribution is -2.40. The molecule has 1 fully saturated rings. The fourth-order valence-corrected chi connectivity index (χ4v) is 3.80. The monoisotopic (exact) mass is 411 g/mol. The van der Waals surface area contributed by atoms with Gasteiger partial charge in [-0.05, 0) is 56.1 Å². The van der Waals surface area contributed by atoms with E-state index in [-0.39, 0.29) is 17.7 Å². The number of nitrogens with one attached hydrogen (secondary N) is 1. The maximum Gasteiger partial charge on any atom is 0.255 e. The Balaban J connectivity index is 1.64. The van der Waals surface area contributed by atoms with E-state index in [9.17, 15) is 9.59 Å². The number of ether oxygens (including phenoxy) is 2. The van der Waals surface area contributed by atoms with Gasteiger partial charge in [0, 0.05) is 29.9 Å². The van der Waals surface area contributed by atoms with Crippen molar-refractivity contribution in [2.75, 3.05) is 32.6 Å². The Bertz CT molecular complexity index is 886. The number of rotatable bonds is 7. The van der Waals surface area contributed by atoms with Crippen LogP contribution in [0.5, 0.6) is 11.5 Å². The molecule has 3 rings (SSSR count). The molecular formula is C23H29N3O4. The van der Waals surface area contributed by atoms with E-state index in [2.05, 4.69) is 10.2 Å². The molecule has 0 radical (unpaired) electrons. The Morgan fingerprint density at radius 2 is 1.77 bits per heavy atom. The first-order valence-corrected chi connectivity index (χ1v) is 10.1. The number of nitrogens with zero attached hydrogens (tertiary/aromatic N) is 1. The van der Waals surface area contributed by atoms with Crippen LogP contribution in [-0.4, -0.2) is 44.0 Å². The summed E-state index contributed by atoms with van der Waals surface area (Å²) in [5, 5.41) is 2.91. The van der Waals surface area contributed by atoms with Gasteiger partial charge >= 0.3 is 0 Å². The minimum absolute atomic E-state index is 0.0687. The molecule has 0 saturated carbocycles. The van der Waals surface area contributed by atoms with Gasteiger partial charge in [-0.25, -0.2) is 0 Å². The predicted molar refractivity (Wildman–Crippen MR) is 116 cm³/mol. The van der Waals surface area contributed by atoms with Crippen LogP contribution < -0.4 is 20.5 Å². The van der Waals surface area contributed by atoms with Gasteiger partial charge in [-0.2, -0.15) is 0 Å². The molecular weight excluding hydrogens is 382 g/mol. The van der Waals surface area contributed by atoms with Crippen LogP contribution in [0.1, 0.15) is 34.3 Å². The number of carbonyl (C=O) groups is 2. The van der Waals surface area contributed by atoms with Gasteiger partial charge in [-0.15, -0.1) is 0 Å². The van der Waals surface area contributed by atoms with Crippen LogP contribution in [0.3, 0.4) is 0 Å². The number of carbonyl (C=O) groups excluding carboxylic acids is 2. The highest BCUT2D eigenvalue weighted by molar-refractivity contribution is 6.05. The maximum absolute atomic E-state index is 12.7. The molecule has 7 nitrogen and oxygen atoms in total. The molecule has 1 saturated heterocycles. The highest BCUT2D eigenvalue weighted by Gasteiger charge is 2.23. The lowest BCUT2D eigenvalue weighted by Gasteiger charge is -2.31. The predicted octanol–water partition coefficient (Wildman–Crippen LogP) is 2.96. The molecule has 7 heteroatoms. The largest absolute Gasteiger partial charge is 0.496 e. The molecule has 160 valence electrons. The van der Waals surface area contributed by atoms with Gasteiger partial charge < -0.3 is 20.5 Å². The summed E-state index contributed by atoms with van der Waals surface area (Å²) in [5.74, 6) is 0.680. The van der Waals surface area contributed by atoms with E-state index in [4.69, 9.17) is 15.2 Å². The summed E-state index contributed by atoms with van der Waals surface area (Å²) in [7, 11) is 3.13. The van der Waals surface area contributed by atoms with E-state index in [1.54, 1.807) is 26.4 Å². The molecule has 0 bridgehead atoms. The zero-order valence-electron chi connectivity index (χ0n) is 17.7. The summed E-state index contributed by atoms with van der Waals surface area (Å²) in [6.45, 7) is 4.29. The van der Waals surface area contributed by atoms with E-state index < -0.39 is 0 Å². The van der Waals surface area contributed by atoms with E-state index in [0.717, 1.165) is 37.1 Å². The summed E-state index contributed by atoms with van der Waals surface area (Å²) >= 11 is 0. The number of benzene rings is 2. The molecule has 1 aliphatic rings. The molecule has 0 aromatic heterocycles. The Morgan fingerprint density at radius 1 is 1.13 bits per heavy atom. The Morgan fingerprint density at radius 3 is 2.33 bits per heavy atom. The van der Waals surface area contributed by atoms with Crippen molar-refractivity contribution in [3.8, 4) is 11.5 Å². The number of piperidine rings is 1. The van der Waals surface area contributed by atoms with Crippen LogP contribution in [-0.2, 0) is 11.3 Å². The smallest absolute Gasteiger partial charge is 0.255 e. The second-order valence-electron chi connectivity index (χ2n) is 7.63. The van der Waals surface area contributed by atoms with Crippen LogP contribution in [0.4, 0.5) is 5.69 Å². The lowest BCUT2D eigenvalue weighted by molar-refractivity contribution is -0.123. The first kappa shape index (κ1) is 21.6. The minimum atomic E-state index is -0.236. The number of hydrogen-bond acceptors (Lipinski definition) is 5. The van der Waals surface area contributed by atoms with Gasteiger partial charge in [0.15, 0.2) is 0 Å². The van der Waals surface area contributed by atoms with Crippen molar-refractivity contribution in [2.24, 2.45) is 11.7 Å². The number of amides is 2. The molecule has 1 heterocycles. The van der Waals surface area contributed by atoms with E-state index >= 15 is 0 Å². The fraction of sp³-hybridized carbons (Fsp3) is 0.391. The number of hydrogen-bond donors (Lipinski definition) is 2. The Kier molecular flexibility index (Phi) is 6.95. The third-order valence-corrected chi connectivity index (χ3v) is 5.54. The summed E-state index contributed by atoms with van der Waals surface area (Å²) in [5.41, 5.74) is 8.59. The SMILES string of the molecule is COc1cc(C(=O)Nc2ccc(CN3CCCC(C(N)=O)C3)cc2)cc(OC)c1C. The summed E-state index contributed by atoms with van der Waals surface area (Å²) < 4.78 is 10.7. The zero-order valence-corrected chi connectivity index (χ0v) is 17.7. The molecule has 30 heavy (non-hydrogen) atoms. The summed E-state index contributed by atoms with van der Waals surface area (Å²) in [6.07, 6.45) is 1.84. The molecule has 2 aromatic rings. The standard InChI is InChI=1S/C23H29N3O4/c1-15-20(29-2)11-18(12-21(15)30-3)23(28)25-19-8-6-16(7-9-19)13-26-10-4-5-17(14-26)22(24)27/h6-9,11-12,17H,4-5,10,13-14H2,1-3H3,(H2,24,27)(H,25,28). The number of primary amides is 1. The zero-order chi connectivity index (χ0) is 21.7. The summed E-state index contributed by atoms with van der Waals surface area (Å²) in [4.78, 5) is 26.4. The van der Waals surface area contributed by atoms with Gasteiger partial charge in [-0.3, -0.25) is 14.5 Å². The second kappa shape index (κ2) is 9.63. The average Bonchev–Trinajstić information content (AvgIpc) is 2.75. The number of methoxy groups -OCH3 is 2. The normalized spacial score (nSPS) is 16.7. The average molecular weight is 412 g/mol. The quantitative estimate of drug-likeness (QED) is 0.731. The molecule has 3 N–H and O–H groups in total. The lowest BCUT2D eigenvalue weighted by atomic mass is 9.97. The fourth-order valence-electron chi connectivity index (χ4n) is 3.80. The highest BCUT2D eigenvalue weighted by atomic mass is 16.5. The van der Waals surface area contributed by atoms with E-state index in [0.29, 0.717) is 29.3 Å². The van der Waals surface area contributed by atoms with Crippen molar-refractivity contribution in [3.63, 3.8) is 0 Å². The molecule has 2 amide bonds. The van der Waals surface area contributed by atoms with Gasteiger partial charge in [0.1, 0.15) is 11.5 Å². The van der Waals surface area contributed by atoms with Crippen molar-refractivity contribution in [2.45, 2.75) is 26.3 Å². The molecule has 0 aliphatic carbocycles. The third-order valence-electron chi connectivity index (χ3n) is 5.54. The maximum atomic E-state index is 12.7. The molecule has 1 aliphatic heterocycles. The molecule has 1 unspecified atom stereocenters. The van der Waals surface area contributed by atoms with Crippen LogP contribution in [0.15, 0.2) is 36.4 Å². The second-order valence-corrected chi connectivity index (χ2v) is 7.63. The number of nitrogens with two attached hydrogens (primary N) is 1. The van der Waals surface area contributed by atoms with Crippen molar-refractivity contribution >= 4 is 17.5 Å². The van der Waals surface area contributed by atoms with Crippen molar-refractivity contribution < 1.29 is 19.1 Å². The van der Waals surface area contributed by atoms with Gasteiger partial charge in [-0.1, -0.05) is 12.1 Å². The van der Waals surface area contributed by atoms with Crippen LogP contribution in [0.25, 0.3) is 0 Å². The molecule has 1 atom stereocenters. The van der Waals surface area contributed by atoms with Crippen molar-refractivity contribution in [3.05, 3.63) is 53.1 Å². The van der Waals surface area contributed by atoms with E-state index in [1.807, 2.05) is 31.2 Å². The third kappa shape index (κ3) is 5.10. The van der Waals surface area contributed by atoms with Crippen LogP contribution in [0.2, 0.25) is 0 Å².